The molecule has 3 aliphatic rings. The third kappa shape index (κ3) is 8.54. The van der Waals surface area contributed by atoms with Crippen LogP contribution in [0.3, 0.4) is 0 Å². The van der Waals surface area contributed by atoms with Crippen LogP contribution in [0.2, 0.25) is 0 Å². The predicted molar refractivity (Wildman–Crippen MR) is 350 cm³/mol. The van der Waals surface area contributed by atoms with Gasteiger partial charge in [-0.3, -0.25) is 0 Å². The van der Waals surface area contributed by atoms with Crippen LogP contribution in [-0.2, 0) is 27.1 Å². The van der Waals surface area contributed by atoms with Crippen LogP contribution in [0.25, 0.3) is 44.2 Å². The topological polar surface area (TPSA) is 9.72 Å². The molecule has 10 aromatic rings. The van der Waals surface area contributed by atoms with E-state index in [2.05, 4.69) is 318 Å². The Labute approximate surface area is 483 Å². The number of anilines is 8. The molecule has 3 nitrogen and oxygen atoms in total. The summed E-state index contributed by atoms with van der Waals surface area (Å²) < 4.78 is 0. The lowest BCUT2D eigenvalue weighted by Crippen LogP contribution is -2.62. The minimum absolute atomic E-state index is 0.0103. The van der Waals surface area contributed by atoms with Crippen LogP contribution >= 0.6 is 0 Å². The molecule has 0 fully saturated rings. The highest BCUT2D eigenvalue weighted by Crippen LogP contribution is 2.58. The van der Waals surface area contributed by atoms with Gasteiger partial charge in [0.25, 0.3) is 0 Å². The first-order chi connectivity index (χ1) is 38.5. The zero-order valence-corrected chi connectivity index (χ0v) is 50.0. The molecular formula is C77H76BN3. The molecule has 0 amide bonds. The summed E-state index contributed by atoms with van der Waals surface area (Å²) >= 11 is 0. The maximum Gasteiger partial charge on any atom is 0.333 e. The lowest BCUT2D eigenvalue weighted by atomic mass is 9.42. The Bertz CT molecular complexity index is 4040. The molecule has 0 saturated carbocycles. The fraction of sp³-hybridized carbons (Fsp3) is 0.247. The van der Waals surface area contributed by atoms with E-state index in [1.165, 1.54) is 117 Å². The summed E-state index contributed by atoms with van der Waals surface area (Å²) in [5.74, 6) is 0. The summed E-state index contributed by atoms with van der Waals surface area (Å²) in [7, 11) is 0. The van der Waals surface area contributed by atoms with Crippen molar-refractivity contribution in [3.8, 4) is 33.4 Å². The van der Waals surface area contributed by atoms with Crippen molar-refractivity contribution in [2.45, 2.75) is 124 Å². The first-order valence-corrected chi connectivity index (χ1v) is 29.4. The lowest BCUT2D eigenvalue weighted by molar-refractivity contribution is 0.590. The minimum atomic E-state index is -0.314. The zero-order valence-electron chi connectivity index (χ0n) is 50.0. The Morgan fingerprint density at radius 1 is 0.407 bits per heavy atom. The quantitative estimate of drug-likeness (QED) is 0.154. The van der Waals surface area contributed by atoms with E-state index in [4.69, 9.17) is 0 Å². The second-order valence-corrected chi connectivity index (χ2v) is 27.9. The van der Waals surface area contributed by atoms with E-state index >= 15 is 0 Å². The van der Waals surface area contributed by atoms with Crippen molar-refractivity contribution >= 4 is 74.0 Å². The summed E-state index contributed by atoms with van der Waals surface area (Å²) in [4.78, 5) is 7.89. The maximum atomic E-state index is 2.72. The van der Waals surface area contributed by atoms with Crippen LogP contribution in [0.4, 0.5) is 45.5 Å². The van der Waals surface area contributed by atoms with Crippen LogP contribution in [-0.4, -0.2) is 6.85 Å². The minimum Gasteiger partial charge on any atom is -0.376 e. The van der Waals surface area contributed by atoms with Gasteiger partial charge in [0.1, 0.15) is 0 Å². The molecule has 1 aliphatic carbocycles. The Morgan fingerprint density at radius 2 is 0.938 bits per heavy atom. The fourth-order valence-electron chi connectivity index (χ4n) is 13.6. The highest BCUT2D eigenvalue weighted by atomic mass is 15.2. The van der Waals surface area contributed by atoms with E-state index in [1.54, 1.807) is 0 Å². The van der Waals surface area contributed by atoms with E-state index in [0.29, 0.717) is 0 Å². The van der Waals surface area contributed by atoms with Gasteiger partial charge in [-0.05, 0) is 172 Å². The predicted octanol–water partition coefficient (Wildman–Crippen LogP) is 20.2. The van der Waals surface area contributed by atoms with E-state index < -0.39 is 0 Å². The molecule has 0 aromatic heterocycles. The third-order valence-corrected chi connectivity index (χ3v) is 18.0. The van der Waals surface area contributed by atoms with Gasteiger partial charge in [-0.1, -0.05) is 230 Å². The van der Waals surface area contributed by atoms with Gasteiger partial charge < -0.3 is 14.6 Å². The number of hydrogen-bond donors (Lipinski definition) is 0. The first kappa shape index (κ1) is 52.3. The largest absolute Gasteiger partial charge is 0.376 e. The van der Waals surface area contributed by atoms with Crippen LogP contribution in [0, 0.1) is 0 Å². The standard InChI is InChI=1S/C77H76BN3/c1-73(2,3)51-28-35-55(36-29-51)79(56-37-30-52(31-38-56)74(4,5)6)58-41-45-67-63(48-58)69-59-25-19-18-24-50(59)46-68-71(69)78(81(67)57-39-32-53(33-40-57)75(7,8)9)65-43-42-61-60-26-20-21-27-64(60)77(13,14)70(61)72(65)80(68)66-44-34-54(76(10,11)12)47-62(66)49-22-16-15-17-23-49/h15-48H,1-14H3. The number of fused-ring (bicyclic) bond motifs is 10. The molecule has 0 spiro atoms. The van der Waals surface area contributed by atoms with E-state index in [1.807, 2.05) is 0 Å². The van der Waals surface area contributed by atoms with Crippen molar-refractivity contribution in [3.63, 3.8) is 0 Å². The van der Waals surface area contributed by atoms with Gasteiger partial charge in [-0.25, -0.2) is 0 Å². The third-order valence-electron chi connectivity index (χ3n) is 18.0. The molecule has 2 aliphatic heterocycles. The fourth-order valence-corrected chi connectivity index (χ4v) is 13.6. The van der Waals surface area contributed by atoms with Crippen LogP contribution < -0.4 is 25.5 Å². The Morgan fingerprint density at radius 3 is 1.56 bits per heavy atom. The highest BCUT2D eigenvalue weighted by Gasteiger charge is 2.50. The molecule has 0 bridgehead atoms. The van der Waals surface area contributed by atoms with Crippen LogP contribution in [0.5, 0.6) is 0 Å². The average Bonchev–Trinajstić information content (AvgIpc) is 2.63. The van der Waals surface area contributed by atoms with Gasteiger partial charge in [-0.15, -0.1) is 0 Å². The molecule has 402 valence electrons. The molecule has 2 heterocycles. The number of rotatable bonds is 6. The monoisotopic (exact) mass is 1050 g/mol. The summed E-state index contributed by atoms with van der Waals surface area (Å²) in [6, 6.07) is 79.6. The van der Waals surface area contributed by atoms with E-state index in [-0.39, 0.29) is 33.9 Å². The SMILES string of the molecule is CC(C)(C)c1ccc(N2B3c4ccc5c(c4N(c4ccc(C(C)(C)C)cc4-c4ccccc4)c4cc6ccccc6c(c43)-c3cc(N(c4ccc(C(C)(C)C)cc4)c4ccc(C(C)(C)C)cc4)ccc32)C(C)(C)c2ccccc2-5)cc1. The zero-order chi connectivity index (χ0) is 56.7. The lowest BCUT2D eigenvalue weighted by Gasteiger charge is -2.48. The summed E-state index contributed by atoms with van der Waals surface area (Å²) in [6.45, 7) is 32.5. The number of hydrogen-bond acceptors (Lipinski definition) is 3. The molecule has 0 unspecified atom stereocenters. The van der Waals surface area contributed by atoms with Gasteiger partial charge in [-0.2, -0.15) is 0 Å². The molecule has 0 atom stereocenters. The molecule has 81 heavy (non-hydrogen) atoms. The van der Waals surface area contributed by atoms with Crippen molar-refractivity contribution in [3.05, 3.63) is 240 Å². The molecule has 4 heteroatoms. The van der Waals surface area contributed by atoms with Crippen molar-refractivity contribution in [1.82, 2.24) is 0 Å². The molecule has 0 radical (unpaired) electrons. The van der Waals surface area contributed by atoms with Gasteiger partial charge in [0.2, 0.25) is 0 Å². The smallest absolute Gasteiger partial charge is 0.333 e. The summed E-state index contributed by atoms with van der Waals surface area (Å²) in [5.41, 5.74) is 27.2. The van der Waals surface area contributed by atoms with E-state index in [9.17, 15) is 0 Å². The molecule has 10 aromatic carbocycles. The van der Waals surface area contributed by atoms with Gasteiger partial charge in [0.15, 0.2) is 0 Å². The molecule has 0 N–H and O–H groups in total. The first-order valence-electron chi connectivity index (χ1n) is 29.4. The average molecular weight is 1050 g/mol. The van der Waals surface area contributed by atoms with Crippen LogP contribution in [0.1, 0.15) is 130 Å². The van der Waals surface area contributed by atoms with Crippen molar-refractivity contribution in [1.29, 1.82) is 0 Å². The van der Waals surface area contributed by atoms with E-state index in [0.717, 1.165) is 17.1 Å². The Balaban J connectivity index is 1.16. The second kappa shape index (κ2) is 18.5. The van der Waals surface area contributed by atoms with Crippen molar-refractivity contribution < 1.29 is 0 Å². The molecule has 13 rings (SSSR count). The van der Waals surface area contributed by atoms with Crippen molar-refractivity contribution in [2.75, 3.05) is 14.6 Å². The molecular weight excluding hydrogens is 978 g/mol. The maximum absolute atomic E-state index is 2.72. The Hall–Kier alpha value is -8.08. The summed E-state index contributed by atoms with van der Waals surface area (Å²) in [5, 5.41) is 2.47. The van der Waals surface area contributed by atoms with Gasteiger partial charge in [0.05, 0.1) is 5.69 Å². The Kier molecular flexibility index (Phi) is 11.9. The normalized spacial score (nSPS) is 14.3. The number of benzene rings is 10. The highest BCUT2D eigenvalue weighted by molar-refractivity contribution is 6.94. The van der Waals surface area contributed by atoms with Gasteiger partial charge >= 0.3 is 6.85 Å². The van der Waals surface area contributed by atoms with Crippen molar-refractivity contribution in [2.24, 2.45) is 0 Å². The molecule has 0 saturated heterocycles. The van der Waals surface area contributed by atoms with Crippen LogP contribution in [0.15, 0.2) is 206 Å². The summed E-state index contributed by atoms with van der Waals surface area (Å²) in [6.07, 6.45) is 0. The number of nitrogens with zero attached hydrogens (tertiary/aromatic N) is 3. The second-order valence-electron chi connectivity index (χ2n) is 27.9. The van der Waals surface area contributed by atoms with Gasteiger partial charge in [0, 0.05) is 56.4 Å².